The second kappa shape index (κ2) is 6.10. The van der Waals surface area contributed by atoms with Crippen LogP contribution < -0.4 is 5.32 Å². The Kier molecular flexibility index (Phi) is 4.01. The molecule has 0 saturated carbocycles. The Morgan fingerprint density at radius 3 is 3.00 bits per heavy atom. The molecule has 0 spiro atoms. The summed E-state index contributed by atoms with van der Waals surface area (Å²) in [4.78, 5) is 14.4. The van der Waals surface area contributed by atoms with Gasteiger partial charge in [0.15, 0.2) is 5.76 Å². The first-order chi connectivity index (χ1) is 10.3. The van der Waals surface area contributed by atoms with E-state index in [2.05, 4.69) is 16.5 Å². The number of rotatable bonds is 4. The molecule has 0 radical (unpaired) electrons. The van der Waals surface area contributed by atoms with Crippen molar-refractivity contribution in [2.75, 3.05) is 20.1 Å². The first-order valence-electron chi connectivity index (χ1n) is 7.20. The number of carbonyl (C=O) groups excluding carboxylic acids is 1. The maximum absolute atomic E-state index is 12.7. The van der Waals surface area contributed by atoms with Crippen LogP contribution in [0.25, 0.3) is 0 Å². The summed E-state index contributed by atoms with van der Waals surface area (Å²) in [7, 11) is 1.79. The molecule has 5 heteroatoms. The minimum atomic E-state index is 0.0221. The average Bonchev–Trinajstić information content (AvgIpc) is 3.19. The lowest BCUT2D eigenvalue weighted by atomic mass is 9.93. The Morgan fingerprint density at radius 2 is 2.29 bits per heavy atom. The van der Waals surface area contributed by atoms with Crippen molar-refractivity contribution in [1.82, 2.24) is 15.4 Å². The van der Waals surface area contributed by atoms with E-state index >= 15 is 0 Å². The monoisotopic (exact) mass is 285 g/mol. The third-order valence-electron chi connectivity index (χ3n) is 3.92. The highest BCUT2D eigenvalue weighted by Crippen LogP contribution is 2.26. The van der Waals surface area contributed by atoms with Crippen molar-refractivity contribution in [1.29, 1.82) is 0 Å². The Balaban J connectivity index is 1.80. The van der Waals surface area contributed by atoms with Crippen LogP contribution in [0, 0.1) is 0 Å². The number of aromatic nitrogens is 1. The van der Waals surface area contributed by atoms with Crippen molar-refractivity contribution < 1.29 is 9.32 Å². The molecular formula is C16H19N3O2. The quantitative estimate of drug-likeness (QED) is 0.933. The molecule has 5 nitrogen and oxygen atoms in total. The molecule has 2 aromatic rings. The summed E-state index contributed by atoms with van der Waals surface area (Å²) in [5.41, 5.74) is 1.92. The van der Waals surface area contributed by atoms with Crippen molar-refractivity contribution in [3.63, 3.8) is 0 Å². The van der Waals surface area contributed by atoms with Gasteiger partial charge in [0, 0.05) is 25.2 Å². The minimum Gasteiger partial charge on any atom is -0.360 e. The largest absolute Gasteiger partial charge is 0.360 e. The summed E-state index contributed by atoms with van der Waals surface area (Å²) in [6, 6.07) is 9.67. The lowest BCUT2D eigenvalue weighted by Crippen LogP contribution is -2.27. The fourth-order valence-electron chi connectivity index (χ4n) is 2.80. The van der Waals surface area contributed by atoms with Crippen LogP contribution in [0.3, 0.4) is 0 Å². The van der Waals surface area contributed by atoms with Crippen molar-refractivity contribution in [3.8, 4) is 0 Å². The molecule has 2 heterocycles. The van der Waals surface area contributed by atoms with Crippen molar-refractivity contribution in [2.45, 2.75) is 18.9 Å². The molecule has 1 amide bonds. The van der Waals surface area contributed by atoms with Gasteiger partial charge < -0.3 is 14.7 Å². The maximum Gasteiger partial charge on any atom is 0.254 e. The third-order valence-corrected chi connectivity index (χ3v) is 3.92. The van der Waals surface area contributed by atoms with E-state index < -0.39 is 0 Å². The van der Waals surface area contributed by atoms with Gasteiger partial charge in [-0.05, 0) is 30.5 Å². The van der Waals surface area contributed by atoms with Crippen LogP contribution in [-0.4, -0.2) is 36.1 Å². The predicted molar refractivity (Wildman–Crippen MR) is 79.0 cm³/mol. The number of amides is 1. The minimum absolute atomic E-state index is 0.0221. The molecule has 1 atom stereocenters. The second-order valence-corrected chi connectivity index (χ2v) is 5.42. The van der Waals surface area contributed by atoms with Crippen LogP contribution in [0.2, 0.25) is 0 Å². The fourth-order valence-corrected chi connectivity index (χ4v) is 2.80. The first-order valence-corrected chi connectivity index (χ1v) is 7.20. The van der Waals surface area contributed by atoms with Crippen LogP contribution >= 0.6 is 0 Å². The Hall–Kier alpha value is -2.14. The van der Waals surface area contributed by atoms with Gasteiger partial charge in [-0.3, -0.25) is 4.79 Å². The molecular weight excluding hydrogens is 266 g/mol. The summed E-state index contributed by atoms with van der Waals surface area (Å²) in [5.74, 6) is 1.13. The average molecular weight is 285 g/mol. The summed E-state index contributed by atoms with van der Waals surface area (Å²) in [5, 5.41) is 7.02. The van der Waals surface area contributed by atoms with Crippen LogP contribution in [0.4, 0.5) is 0 Å². The SMILES string of the molecule is CN(Cc1ccno1)C(=O)c1ccccc1[C@H]1CCNC1. The molecule has 21 heavy (non-hydrogen) atoms. The highest BCUT2D eigenvalue weighted by Gasteiger charge is 2.23. The molecule has 110 valence electrons. The molecule has 1 aliphatic rings. The predicted octanol–water partition coefficient (Wildman–Crippen LogP) is 2.02. The zero-order valence-electron chi connectivity index (χ0n) is 12.1. The van der Waals surface area contributed by atoms with Crippen LogP contribution in [-0.2, 0) is 6.54 Å². The normalized spacial score (nSPS) is 17.9. The van der Waals surface area contributed by atoms with Crippen molar-refractivity contribution >= 4 is 5.91 Å². The highest BCUT2D eigenvalue weighted by atomic mass is 16.5. The van der Waals surface area contributed by atoms with Gasteiger partial charge >= 0.3 is 0 Å². The van der Waals surface area contributed by atoms with Crippen LogP contribution in [0.1, 0.15) is 34.0 Å². The number of hydrogen-bond acceptors (Lipinski definition) is 4. The van der Waals surface area contributed by atoms with Gasteiger partial charge in [0.2, 0.25) is 0 Å². The highest BCUT2D eigenvalue weighted by molar-refractivity contribution is 5.95. The molecule has 0 bridgehead atoms. The van der Waals surface area contributed by atoms with Gasteiger partial charge in [0.05, 0.1) is 12.7 Å². The fraction of sp³-hybridized carbons (Fsp3) is 0.375. The molecule has 1 saturated heterocycles. The summed E-state index contributed by atoms with van der Waals surface area (Å²) in [6.45, 7) is 2.38. The van der Waals surface area contributed by atoms with E-state index in [-0.39, 0.29) is 5.91 Å². The third kappa shape index (κ3) is 2.97. The van der Waals surface area contributed by atoms with Crippen molar-refractivity contribution in [3.05, 3.63) is 53.4 Å². The number of benzene rings is 1. The van der Waals surface area contributed by atoms with E-state index in [0.29, 0.717) is 18.2 Å². The first kappa shape index (κ1) is 13.8. The van der Waals surface area contributed by atoms with Gasteiger partial charge in [-0.1, -0.05) is 23.4 Å². The van der Waals surface area contributed by atoms with Crippen LogP contribution in [0.5, 0.6) is 0 Å². The molecule has 0 unspecified atom stereocenters. The second-order valence-electron chi connectivity index (χ2n) is 5.42. The summed E-state index contributed by atoms with van der Waals surface area (Å²) >= 11 is 0. The lowest BCUT2D eigenvalue weighted by molar-refractivity contribution is 0.0770. The molecule has 1 aromatic heterocycles. The van der Waals surface area contributed by atoms with Crippen molar-refractivity contribution in [2.24, 2.45) is 0 Å². The zero-order chi connectivity index (χ0) is 14.7. The van der Waals surface area contributed by atoms with Gasteiger partial charge in [-0.25, -0.2) is 0 Å². The number of hydrogen-bond donors (Lipinski definition) is 1. The smallest absolute Gasteiger partial charge is 0.254 e. The van der Waals surface area contributed by atoms with E-state index in [1.54, 1.807) is 24.2 Å². The van der Waals surface area contributed by atoms with E-state index in [9.17, 15) is 4.79 Å². The maximum atomic E-state index is 12.7. The van der Waals surface area contributed by atoms with Gasteiger partial charge in [0.1, 0.15) is 0 Å². The number of nitrogens with zero attached hydrogens (tertiary/aromatic N) is 2. The molecule has 1 aliphatic heterocycles. The molecule has 3 rings (SSSR count). The standard InChI is InChI=1S/C16H19N3O2/c1-19(11-13-7-9-18-21-13)16(20)15-5-3-2-4-14(15)12-6-8-17-10-12/h2-5,7,9,12,17H,6,8,10-11H2,1H3/t12-/m0/s1. The summed E-state index contributed by atoms with van der Waals surface area (Å²) in [6.07, 6.45) is 2.67. The van der Waals surface area contributed by atoms with Gasteiger partial charge in [-0.15, -0.1) is 0 Å². The number of carbonyl (C=O) groups is 1. The number of nitrogens with one attached hydrogen (secondary N) is 1. The molecule has 1 aromatic carbocycles. The van der Waals surface area contributed by atoms with E-state index in [0.717, 1.165) is 30.6 Å². The Morgan fingerprint density at radius 1 is 1.43 bits per heavy atom. The van der Waals surface area contributed by atoms with E-state index in [1.807, 2.05) is 18.2 Å². The van der Waals surface area contributed by atoms with Crippen LogP contribution in [0.15, 0.2) is 41.1 Å². The zero-order valence-corrected chi connectivity index (χ0v) is 12.1. The Bertz CT molecular complexity index is 604. The topological polar surface area (TPSA) is 58.4 Å². The summed E-state index contributed by atoms with van der Waals surface area (Å²) < 4.78 is 5.07. The van der Waals surface area contributed by atoms with E-state index in [4.69, 9.17) is 4.52 Å². The lowest BCUT2D eigenvalue weighted by Gasteiger charge is -2.19. The molecule has 1 N–H and O–H groups in total. The molecule has 0 aliphatic carbocycles. The van der Waals surface area contributed by atoms with Gasteiger partial charge in [-0.2, -0.15) is 0 Å². The Labute approximate surface area is 123 Å². The van der Waals surface area contributed by atoms with Gasteiger partial charge in [0.25, 0.3) is 5.91 Å². The van der Waals surface area contributed by atoms with E-state index in [1.165, 1.54) is 0 Å². The molecule has 1 fully saturated rings.